The van der Waals surface area contributed by atoms with Crippen LogP contribution in [0.15, 0.2) is 18.3 Å². The molecular formula is C13H17N3O4. The number of carboxylic acid groups (broad SMARTS) is 1. The van der Waals surface area contributed by atoms with E-state index in [2.05, 4.69) is 10.3 Å². The maximum atomic E-state index is 11.8. The van der Waals surface area contributed by atoms with E-state index in [1.54, 1.807) is 24.3 Å². The highest BCUT2D eigenvalue weighted by Crippen LogP contribution is 2.18. The second-order valence-corrected chi connectivity index (χ2v) is 4.74. The Labute approximate surface area is 116 Å². The number of likely N-dealkylation sites (tertiary alicyclic amines) is 1. The maximum Gasteiger partial charge on any atom is 0.317 e. The van der Waals surface area contributed by atoms with Crippen LogP contribution in [-0.2, 0) is 11.3 Å². The number of hydrogen-bond donors (Lipinski definition) is 2. The molecule has 2 N–H and O–H groups in total. The number of carbonyl (C=O) groups excluding carboxylic acids is 1. The highest BCUT2D eigenvalue weighted by Gasteiger charge is 2.31. The van der Waals surface area contributed by atoms with Crippen molar-refractivity contribution in [3.63, 3.8) is 0 Å². The van der Waals surface area contributed by atoms with Crippen molar-refractivity contribution >= 4 is 12.0 Å². The lowest BCUT2D eigenvalue weighted by atomic mass is 9.97. The SMILES string of the molecule is COc1ccc(CNC(=O)N2CC(CC(=O)O)C2)cn1. The van der Waals surface area contributed by atoms with Crippen LogP contribution >= 0.6 is 0 Å². The molecule has 0 atom stereocenters. The van der Waals surface area contributed by atoms with E-state index < -0.39 is 5.97 Å². The largest absolute Gasteiger partial charge is 0.481 e. The molecule has 7 heteroatoms. The van der Waals surface area contributed by atoms with Crippen molar-refractivity contribution in [2.45, 2.75) is 13.0 Å². The number of aromatic nitrogens is 1. The van der Waals surface area contributed by atoms with Crippen molar-refractivity contribution in [1.82, 2.24) is 15.2 Å². The molecule has 7 nitrogen and oxygen atoms in total. The predicted octanol–water partition coefficient (Wildman–Crippen LogP) is 0.706. The Morgan fingerprint density at radius 3 is 2.80 bits per heavy atom. The first-order valence-corrected chi connectivity index (χ1v) is 6.32. The Morgan fingerprint density at radius 1 is 1.50 bits per heavy atom. The summed E-state index contributed by atoms with van der Waals surface area (Å²) >= 11 is 0. The fourth-order valence-corrected chi connectivity index (χ4v) is 2.04. The molecular weight excluding hydrogens is 262 g/mol. The van der Waals surface area contributed by atoms with Crippen molar-refractivity contribution in [2.75, 3.05) is 20.2 Å². The summed E-state index contributed by atoms with van der Waals surface area (Å²) in [6, 6.07) is 3.38. The number of hydrogen-bond acceptors (Lipinski definition) is 4. The molecule has 1 aliphatic rings. The van der Waals surface area contributed by atoms with E-state index in [9.17, 15) is 9.59 Å². The second-order valence-electron chi connectivity index (χ2n) is 4.74. The van der Waals surface area contributed by atoms with E-state index in [-0.39, 0.29) is 18.4 Å². The first-order valence-electron chi connectivity index (χ1n) is 6.32. The summed E-state index contributed by atoms with van der Waals surface area (Å²) in [7, 11) is 1.54. The zero-order chi connectivity index (χ0) is 14.5. The van der Waals surface area contributed by atoms with Crippen LogP contribution in [0.4, 0.5) is 4.79 Å². The third-order valence-electron chi connectivity index (χ3n) is 3.16. The standard InChI is InChI=1S/C13H17N3O4/c1-20-11-3-2-9(5-14-11)6-15-13(19)16-7-10(8-16)4-12(17)18/h2-3,5,10H,4,6-8H2,1H3,(H,15,19)(H,17,18). The Bertz CT molecular complexity index is 483. The number of urea groups is 1. The quantitative estimate of drug-likeness (QED) is 0.828. The Kier molecular flexibility index (Phi) is 4.39. The molecule has 1 aliphatic heterocycles. The van der Waals surface area contributed by atoms with Gasteiger partial charge in [-0.15, -0.1) is 0 Å². The molecule has 0 bridgehead atoms. The zero-order valence-corrected chi connectivity index (χ0v) is 11.2. The fourth-order valence-electron chi connectivity index (χ4n) is 2.04. The van der Waals surface area contributed by atoms with E-state index in [0.717, 1.165) is 5.56 Å². The molecule has 0 unspecified atom stereocenters. The molecule has 0 radical (unpaired) electrons. The molecule has 0 aromatic carbocycles. The number of ether oxygens (including phenoxy) is 1. The number of amides is 2. The monoisotopic (exact) mass is 279 g/mol. The summed E-state index contributed by atoms with van der Waals surface area (Å²) in [5.41, 5.74) is 0.877. The molecule has 0 spiro atoms. The van der Waals surface area contributed by atoms with Crippen molar-refractivity contribution in [2.24, 2.45) is 5.92 Å². The van der Waals surface area contributed by atoms with Crippen LogP contribution in [0, 0.1) is 5.92 Å². The molecule has 2 amide bonds. The van der Waals surface area contributed by atoms with Gasteiger partial charge in [-0.05, 0) is 5.56 Å². The van der Waals surface area contributed by atoms with Gasteiger partial charge in [0.2, 0.25) is 5.88 Å². The van der Waals surface area contributed by atoms with Crippen molar-refractivity contribution in [3.05, 3.63) is 23.9 Å². The van der Waals surface area contributed by atoms with Gasteiger partial charge in [0.15, 0.2) is 0 Å². The minimum Gasteiger partial charge on any atom is -0.481 e. The molecule has 2 rings (SSSR count). The average molecular weight is 279 g/mol. The first kappa shape index (κ1) is 14.1. The zero-order valence-electron chi connectivity index (χ0n) is 11.2. The fraction of sp³-hybridized carbons (Fsp3) is 0.462. The highest BCUT2D eigenvalue weighted by atomic mass is 16.5. The minimum atomic E-state index is -0.820. The first-order chi connectivity index (χ1) is 9.58. The number of rotatable bonds is 5. The van der Waals surface area contributed by atoms with E-state index in [1.807, 2.05) is 6.07 Å². The van der Waals surface area contributed by atoms with Crippen LogP contribution in [0.3, 0.4) is 0 Å². The number of carboxylic acids is 1. The lowest BCUT2D eigenvalue weighted by Crippen LogP contribution is -2.54. The summed E-state index contributed by atoms with van der Waals surface area (Å²) in [4.78, 5) is 27.9. The summed E-state index contributed by atoms with van der Waals surface area (Å²) < 4.78 is 4.95. The van der Waals surface area contributed by atoms with E-state index in [4.69, 9.17) is 9.84 Å². The number of aliphatic carboxylic acids is 1. The van der Waals surface area contributed by atoms with Gasteiger partial charge in [-0.1, -0.05) is 6.07 Å². The molecule has 108 valence electrons. The molecule has 0 aliphatic carbocycles. The van der Waals surface area contributed by atoms with Crippen LogP contribution < -0.4 is 10.1 Å². The van der Waals surface area contributed by atoms with Crippen LogP contribution in [0.1, 0.15) is 12.0 Å². The summed E-state index contributed by atoms with van der Waals surface area (Å²) in [6.45, 7) is 1.38. The summed E-state index contributed by atoms with van der Waals surface area (Å²) in [5, 5.41) is 11.4. The molecule has 1 saturated heterocycles. The van der Waals surface area contributed by atoms with Crippen LogP contribution in [0.5, 0.6) is 5.88 Å². The molecule has 1 fully saturated rings. The van der Waals surface area contributed by atoms with Crippen molar-refractivity contribution in [1.29, 1.82) is 0 Å². The van der Waals surface area contributed by atoms with Gasteiger partial charge in [0.25, 0.3) is 0 Å². The number of carbonyl (C=O) groups is 2. The number of pyridine rings is 1. The smallest absolute Gasteiger partial charge is 0.317 e. The third-order valence-corrected chi connectivity index (χ3v) is 3.16. The van der Waals surface area contributed by atoms with Gasteiger partial charge in [0, 0.05) is 37.8 Å². The molecule has 1 aromatic heterocycles. The minimum absolute atomic E-state index is 0.0703. The lowest BCUT2D eigenvalue weighted by molar-refractivity contribution is -0.139. The van der Waals surface area contributed by atoms with Crippen LogP contribution in [-0.4, -0.2) is 47.2 Å². The van der Waals surface area contributed by atoms with Gasteiger partial charge >= 0.3 is 12.0 Å². The van der Waals surface area contributed by atoms with Crippen molar-refractivity contribution in [3.8, 4) is 5.88 Å². The third kappa shape index (κ3) is 3.59. The summed E-state index contributed by atoms with van der Waals surface area (Å²) in [5.74, 6) is -0.223. The van der Waals surface area contributed by atoms with Gasteiger partial charge in [-0.25, -0.2) is 9.78 Å². The summed E-state index contributed by atoms with van der Waals surface area (Å²) in [6.07, 6.45) is 1.76. The Hall–Kier alpha value is -2.31. The van der Waals surface area contributed by atoms with E-state index >= 15 is 0 Å². The second kappa shape index (κ2) is 6.23. The number of methoxy groups -OCH3 is 1. The van der Waals surface area contributed by atoms with Crippen LogP contribution in [0.2, 0.25) is 0 Å². The molecule has 2 heterocycles. The molecule has 1 aromatic rings. The highest BCUT2D eigenvalue weighted by molar-refractivity contribution is 5.75. The van der Waals surface area contributed by atoms with E-state index in [0.29, 0.717) is 25.5 Å². The topological polar surface area (TPSA) is 91.8 Å². The van der Waals surface area contributed by atoms with Crippen molar-refractivity contribution < 1.29 is 19.4 Å². The van der Waals surface area contributed by atoms with Gasteiger partial charge in [0.1, 0.15) is 0 Å². The van der Waals surface area contributed by atoms with Gasteiger partial charge in [-0.2, -0.15) is 0 Å². The Morgan fingerprint density at radius 2 is 2.25 bits per heavy atom. The molecule has 20 heavy (non-hydrogen) atoms. The van der Waals surface area contributed by atoms with E-state index in [1.165, 1.54) is 0 Å². The number of nitrogens with one attached hydrogen (secondary N) is 1. The number of nitrogens with zero attached hydrogens (tertiary/aromatic N) is 2. The van der Waals surface area contributed by atoms with Gasteiger partial charge < -0.3 is 20.1 Å². The maximum absolute atomic E-state index is 11.8. The van der Waals surface area contributed by atoms with Gasteiger partial charge in [0.05, 0.1) is 13.5 Å². The molecule has 0 saturated carbocycles. The van der Waals surface area contributed by atoms with Crippen LogP contribution in [0.25, 0.3) is 0 Å². The van der Waals surface area contributed by atoms with Gasteiger partial charge in [-0.3, -0.25) is 4.79 Å². The predicted molar refractivity (Wildman–Crippen MR) is 70.3 cm³/mol. The lowest BCUT2D eigenvalue weighted by Gasteiger charge is -2.38. The Balaban J connectivity index is 1.72. The normalized spacial score (nSPS) is 14.6. The average Bonchev–Trinajstić information content (AvgIpc) is 2.40.